The van der Waals surface area contributed by atoms with Gasteiger partial charge in [-0.05, 0) is 13.3 Å². The van der Waals surface area contributed by atoms with Crippen LogP contribution in [0.3, 0.4) is 0 Å². The van der Waals surface area contributed by atoms with E-state index in [1.165, 1.54) is 0 Å². The molecule has 0 aromatic rings. The smallest absolute Gasteiger partial charge is 0.331 e. The summed E-state index contributed by atoms with van der Waals surface area (Å²) in [5.41, 5.74) is -0.804. The van der Waals surface area contributed by atoms with E-state index in [2.05, 4.69) is 0 Å². The highest BCUT2D eigenvalue weighted by Crippen LogP contribution is 2.36. The van der Waals surface area contributed by atoms with E-state index in [1.54, 1.807) is 0 Å². The minimum atomic E-state index is -1.16. The predicted molar refractivity (Wildman–Crippen MR) is 61.0 cm³/mol. The fourth-order valence-corrected chi connectivity index (χ4v) is 1.15. The average molecular weight is 228 g/mol. The molecule has 0 saturated heterocycles. The maximum Gasteiger partial charge on any atom is 0.331 e. The summed E-state index contributed by atoms with van der Waals surface area (Å²) < 4.78 is 5.31. The van der Waals surface area contributed by atoms with E-state index in [0.29, 0.717) is 6.42 Å². The predicted octanol–water partition coefficient (Wildman–Crippen LogP) is 2.39. The molecule has 16 heavy (non-hydrogen) atoms. The van der Waals surface area contributed by atoms with Crippen LogP contribution in [-0.2, 0) is 14.3 Å². The zero-order valence-corrected chi connectivity index (χ0v) is 10.5. The number of carboxylic acid groups (broad SMARTS) is 1. The third kappa shape index (κ3) is 4.04. The molecular weight excluding hydrogens is 208 g/mol. The Kier molecular flexibility index (Phi) is 4.72. The molecule has 0 aromatic heterocycles. The molecule has 0 spiro atoms. The van der Waals surface area contributed by atoms with Gasteiger partial charge in [-0.3, -0.25) is 0 Å². The molecule has 0 aliphatic carbocycles. The lowest BCUT2D eigenvalue weighted by atomic mass is 9.76. The first-order valence-corrected chi connectivity index (χ1v) is 5.26. The molecule has 0 amide bonds. The second-order valence-electron chi connectivity index (χ2n) is 4.93. The second-order valence-corrected chi connectivity index (χ2v) is 4.93. The minimum absolute atomic E-state index is 0.200. The van der Waals surface area contributed by atoms with Crippen molar-refractivity contribution in [2.75, 3.05) is 0 Å². The summed E-state index contributed by atoms with van der Waals surface area (Å²) in [6, 6.07) is 0. The van der Waals surface area contributed by atoms with Gasteiger partial charge in [0.25, 0.3) is 0 Å². The van der Waals surface area contributed by atoms with Gasteiger partial charge in [-0.25, -0.2) is 9.59 Å². The van der Waals surface area contributed by atoms with Gasteiger partial charge in [0.15, 0.2) is 0 Å². The van der Waals surface area contributed by atoms with Crippen LogP contribution in [0.2, 0.25) is 0 Å². The molecule has 4 nitrogen and oxygen atoms in total. The normalized spacial score (nSPS) is 15.8. The third-order valence-electron chi connectivity index (χ3n) is 2.95. The van der Waals surface area contributed by atoms with Crippen LogP contribution in [0.25, 0.3) is 0 Å². The van der Waals surface area contributed by atoms with Crippen LogP contribution in [0.1, 0.15) is 41.0 Å². The molecule has 4 heteroatoms. The van der Waals surface area contributed by atoms with Gasteiger partial charge < -0.3 is 9.84 Å². The maximum atomic E-state index is 11.4. The van der Waals surface area contributed by atoms with Crippen molar-refractivity contribution >= 4 is 11.9 Å². The Hall–Kier alpha value is -1.32. The Morgan fingerprint density at radius 2 is 1.69 bits per heavy atom. The van der Waals surface area contributed by atoms with Crippen molar-refractivity contribution in [2.45, 2.75) is 46.6 Å². The van der Waals surface area contributed by atoms with E-state index in [9.17, 15) is 9.59 Å². The Morgan fingerprint density at radius 1 is 1.19 bits per heavy atom. The van der Waals surface area contributed by atoms with Gasteiger partial charge in [0, 0.05) is 17.6 Å². The third-order valence-corrected chi connectivity index (χ3v) is 2.95. The van der Waals surface area contributed by atoms with Crippen molar-refractivity contribution < 1.29 is 19.4 Å². The monoisotopic (exact) mass is 228 g/mol. The van der Waals surface area contributed by atoms with E-state index in [-0.39, 0.29) is 5.41 Å². The number of carbonyl (C=O) groups excluding carboxylic acids is 1. The zero-order valence-electron chi connectivity index (χ0n) is 10.5. The molecule has 0 radical (unpaired) electrons. The first-order chi connectivity index (χ1) is 7.12. The first-order valence-electron chi connectivity index (χ1n) is 5.26. The van der Waals surface area contributed by atoms with Crippen LogP contribution >= 0.6 is 0 Å². The number of ether oxygens (including phenoxy) is 1. The Balaban J connectivity index is 4.69. The molecule has 0 aliphatic rings. The van der Waals surface area contributed by atoms with Crippen molar-refractivity contribution in [3.05, 3.63) is 12.2 Å². The molecular formula is C12H20O4. The molecule has 92 valence electrons. The summed E-state index contributed by atoms with van der Waals surface area (Å²) in [6.45, 7) is 9.71. The van der Waals surface area contributed by atoms with Crippen molar-refractivity contribution in [3.63, 3.8) is 0 Å². The lowest BCUT2D eigenvalue weighted by Crippen LogP contribution is -2.43. The van der Waals surface area contributed by atoms with Crippen molar-refractivity contribution in [2.24, 2.45) is 5.41 Å². The zero-order chi connectivity index (χ0) is 13.0. The van der Waals surface area contributed by atoms with Crippen LogP contribution in [-0.4, -0.2) is 22.6 Å². The molecule has 0 aliphatic heterocycles. The largest absolute Gasteiger partial charge is 0.478 e. The number of rotatable bonds is 4. The van der Waals surface area contributed by atoms with Crippen molar-refractivity contribution in [1.82, 2.24) is 0 Å². The molecule has 1 atom stereocenters. The number of hydrogen-bond acceptors (Lipinski definition) is 3. The summed E-state index contributed by atoms with van der Waals surface area (Å²) >= 11 is 0. The number of aliphatic carboxylic acids is 1. The molecule has 1 N–H and O–H groups in total. The highest BCUT2D eigenvalue weighted by molar-refractivity contribution is 5.90. The number of carbonyl (C=O) groups is 2. The van der Waals surface area contributed by atoms with Gasteiger partial charge in [0.1, 0.15) is 5.60 Å². The number of carboxylic acids is 1. The average Bonchev–Trinajstić information content (AvgIpc) is 2.12. The lowest BCUT2D eigenvalue weighted by Gasteiger charge is -2.40. The van der Waals surface area contributed by atoms with Crippen molar-refractivity contribution in [3.8, 4) is 0 Å². The van der Waals surface area contributed by atoms with E-state index >= 15 is 0 Å². The summed E-state index contributed by atoms with van der Waals surface area (Å²) in [6.07, 6.45) is 2.38. The van der Waals surface area contributed by atoms with E-state index in [4.69, 9.17) is 9.84 Å². The maximum absolute atomic E-state index is 11.4. The fraction of sp³-hybridized carbons (Fsp3) is 0.667. The van der Waals surface area contributed by atoms with Gasteiger partial charge in [-0.15, -0.1) is 0 Å². The molecule has 1 unspecified atom stereocenters. The fourth-order valence-electron chi connectivity index (χ4n) is 1.15. The highest BCUT2D eigenvalue weighted by Gasteiger charge is 2.39. The summed E-state index contributed by atoms with van der Waals surface area (Å²) in [5.74, 6) is -1.78. The molecule has 0 bridgehead atoms. The highest BCUT2D eigenvalue weighted by atomic mass is 16.6. The van der Waals surface area contributed by atoms with E-state index in [0.717, 1.165) is 12.2 Å². The summed E-state index contributed by atoms with van der Waals surface area (Å²) in [4.78, 5) is 21.6. The lowest BCUT2D eigenvalue weighted by molar-refractivity contribution is -0.164. The van der Waals surface area contributed by atoms with Crippen LogP contribution < -0.4 is 0 Å². The standard InChI is InChI=1S/C12H20O4/c1-6-12(5,11(2,3)4)16-10(15)8-7-9(13)14/h7-8H,6H2,1-5H3,(H,13,14). The summed E-state index contributed by atoms with van der Waals surface area (Å²) in [5, 5.41) is 8.38. The van der Waals surface area contributed by atoms with Crippen LogP contribution in [0.15, 0.2) is 12.2 Å². The van der Waals surface area contributed by atoms with Crippen molar-refractivity contribution in [1.29, 1.82) is 0 Å². The first kappa shape index (κ1) is 14.7. The van der Waals surface area contributed by atoms with Crippen LogP contribution in [0, 0.1) is 5.41 Å². The second kappa shape index (κ2) is 5.14. The molecule has 0 saturated carbocycles. The SMILES string of the molecule is CCC(C)(OC(=O)C=CC(=O)O)C(C)(C)C. The van der Waals surface area contributed by atoms with Gasteiger partial charge in [0.05, 0.1) is 0 Å². The van der Waals surface area contributed by atoms with Gasteiger partial charge in [-0.1, -0.05) is 27.7 Å². The van der Waals surface area contributed by atoms with E-state index < -0.39 is 17.5 Å². The Bertz CT molecular complexity index is 299. The number of esters is 1. The summed E-state index contributed by atoms with van der Waals surface area (Å²) in [7, 11) is 0. The van der Waals surface area contributed by atoms with E-state index in [1.807, 2.05) is 34.6 Å². The minimum Gasteiger partial charge on any atom is -0.478 e. The molecule has 0 heterocycles. The van der Waals surface area contributed by atoms with Gasteiger partial charge in [0.2, 0.25) is 0 Å². The number of hydrogen-bond donors (Lipinski definition) is 1. The van der Waals surface area contributed by atoms with Gasteiger partial charge in [-0.2, -0.15) is 0 Å². The molecule has 0 aromatic carbocycles. The topological polar surface area (TPSA) is 63.6 Å². The van der Waals surface area contributed by atoms with Crippen LogP contribution in [0.4, 0.5) is 0 Å². The Labute approximate surface area is 96.3 Å². The molecule has 0 fully saturated rings. The molecule has 0 rings (SSSR count). The van der Waals surface area contributed by atoms with Gasteiger partial charge >= 0.3 is 11.9 Å². The Morgan fingerprint density at radius 3 is 2.00 bits per heavy atom. The quantitative estimate of drug-likeness (QED) is 0.592. The van der Waals surface area contributed by atoms with Crippen LogP contribution in [0.5, 0.6) is 0 Å².